The molecule has 0 aliphatic carbocycles. The smallest absolute Gasteiger partial charge is 0.387 e. The Morgan fingerprint density at radius 3 is 2.67 bits per heavy atom. The molecule has 1 amide bonds. The lowest BCUT2D eigenvalue weighted by Crippen LogP contribution is -2.18. The first-order valence-electron chi connectivity index (χ1n) is 10.0. The van der Waals surface area contributed by atoms with Crippen LogP contribution in [-0.4, -0.2) is 21.7 Å². The van der Waals surface area contributed by atoms with Gasteiger partial charge in [0.15, 0.2) is 0 Å². The highest BCUT2D eigenvalue weighted by Crippen LogP contribution is 2.34. The molecule has 2 aromatic heterocycles. The van der Waals surface area contributed by atoms with Gasteiger partial charge in [0.2, 0.25) is 0 Å². The second kappa shape index (κ2) is 8.42. The van der Waals surface area contributed by atoms with Gasteiger partial charge in [0.05, 0.1) is 11.4 Å². The Balaban J connectivity index is 1.64. The van der Waals surface area contributed by atoms with Gasteiger partial charge < -0.3 is 16.0 Å². The fraction of sp³-hybridized carbons (Fsp3) is 0.125. The topological polar surface area (TPSA) is 108 Å². The van der Waals surface area contributed by atoms with Crippen LogP contribution in [0.3, 0.4) is 0 Å². The SMILES string of the molecule is Cc1ccc(C(=O)Nc2ccc(CC(=N)N)c(C(F)(F)F)c2)cc1-c1cnc2[nH]ccc2c1. The maximum absolute atomic E-state index is 13.5. The summed E-state index contributed by atoms with van der Waals surface area (Å²) in [4.78, 5) is 20.2. The molecule has 6 nitrogen and oxygen atoms in total. The predicted octanol–water partition coefficient (Wildman–Crippen LogP) is 5.29. The highest BCUT2D eigenvalue weighted by atomic mass is 19.4. The Morgan fingerprint density at radius 2 is 1.94 bits per heavy atom. The average molecular weight is 451 g/mol. The number of fused-ring (bicyclic) bond motifs is 1. The molecule has 0 aliphatic rings. The summed E-state index contributed by atoms with van der Waals surface area (Å²) in [5.41, 5.74) is 7.79. The molecule has 0 spiro atoms. The number of halogens is 3. The van der Waals surface area contributed by atoms with Gasteiger partial charge in [-0.1, -0.05) is 12.1 Å². The molecule has 0 bridgehead atoms. The van der Waals surface area contributed by atoms with E-state index >= 15 is 0 Å². The van der Waals surface area contributed by atoms with Crippen molar-refractivity contribution in [3.05, 3.63) is 83.2 Å². The Labute approximate surface area is 187 Å². The number of amidine groups is 1. The van der Waals surface area contributed by atoms with E-state index in [1.54, 1.807) is 30.6 Å². The summed E-state index contributed by atoms with van der Waals surface area (Å²) in [6.45, 7) is 1.90. The van der Waals surface area contributed by atoms with E-state index in [4.69, 9.17) is 11.1 Å². The number of aromatic nitrogens is 2. The number of amides is 1. The van der Waals surface area contributed by atoms with Crippen LogP contribution >= 0.6 is 0 Å². The third-order valence-corrected chi connectivity index (χ3v) is 5.26. The van der Waals surface area contributed by atoms with Crippen LogP contribution in [0, 0.1) is 12.3 Å². The minimum atomic E-state index is -4.65. The number of rotatable bonds is 5. The zero-order chi connectivity index (χ0) is 23.8. The number of aryl methyl sites for hydroxylation is 1. The van der Waals surface area contributed by atoms with Gasteiger partial charge in [-0.2, -0.15) is 13.2 Å². The van der Waals surface area contributed by atoms with Crippen LogP contribution in [0.2, 0.25) is 0 Å². The van der Waals surface area contributed by atoms with Crippen molar-refractivity contribution in [2.45, 2.75) is 19.5 Å². The van der Waals surface area contributed by atoms with Gasteiger partial charge in [-0.25, -0.2) is 4.98 Å². The van der Waals surface area contributed by atoms with E-state index < -0.39 is 17.6 Å². The zero-order valence-electron chi connectivity index (χ0n) is 17.5. The molecule has 5 N–H and O–H groups in total. The van der Waals surface area contributed by atoms with Crippen LogP contribution in [0.4, 0.5) is 18.9 Å². The van der Waals surface area contributed by atoms with Crippen molar-refractivity contribution in [3.63, 3.8) is 0 Å². The molecule has 33 heavy (non-hydrogen) atoms. The lowest BCUT2D eigenvalue weighted by molar-refractivity contribution is -0.138. The summed E-state index contributed by atoms with van der Waals surface area (Å²) in [6.07, 6.45) is -1.49. The van der Waals surface area contributed by atoms with E-state index in [0.29, 0.717) is 5.56 Å². The summed E-state index contributed by atoms with van der Waals surface area (Å²) in [6, 6.07) is 12.4. The normalized spacial score (nSPS) is 11.5. The molecule has 0 fully saturated rings. The van der Waals surface area contributed by atoms with Gasteiger partial charge in [0.1, 0.15) is 5.65 Å². The van der Waals surface area contributed by atoms with Crippen molar-refractivity contribution < 1.29 is 18.0 Å². The van der Waals surface area contributed by atoms with Gasteiger partial charge in [-0.05, 0) is 60.0 Å². The summed E-state index contributed by atoms with van der Waals surface area (Å²) < 4.78 is 40.4. The number of carbonyl (C=O) groups is 1. The van der Waals surface area contributed by atoms with Crippen molar-refractivity contribution in [1.29, 1.82) is 5.41 Å². The molecule has 2 heterocycles. The van der Waals surface area contributed by atoms with Gasteiger partial charge in [0, 0.05) is 41.0 Å². The van der Waals surface area contributed by atoms with Gasteiger partial charge in [0.25, 0.3) is 5.91 Å². The Bertz CT molecular complexity index is 1370. The third kappa shape index (κ3) is 4.72. The number of hydrogen-bond donors (Lipinski definition) is 4. The van der Waals surface area contributed by atoms with E-state index in [1.807, 2.05) is 19.1 Å². The number of nitrogens with one attached hydrogen (secondary N) is 3. The number of hydrogen-bond acceptors (Lipinski definition) is 3. The number of carbonyl (C=O) groups excluding carboxylic acids is 1. The number of H-pyrrole nitrogens is 1. The van der Waals surface area contributed by atoms with Crippen LogP contribution < -0.4 is 11.1 Å². The van der Waals surface area contributed by atoms with Crippen molar-refractivity contribution >= 4 is 28.5 Å². The molecular formula is C24H20F3N5O. The van der Waals surface area contributed by atoms with Crippen LogP contribution in [0.15, 0.2) is 60.9 Å². The first kappa shape index (κ1) is 22.1. The molecule has 9 heteroatoms. The quantitative estimate of drug-likeness (QED) is 0.245. The third-order valence-electron chi connectivity index (χ3n) is 5.26. The highest BCUT2D eigenvalue weighted by Gasteiger charge is 2.33. The van der Waals surface area contributed by atoms with E-state index in [9.17, 15) is 18.0 Å². The van der Waals surface area contributed by atoms with E-state index in [0.717, 1.165) is 33.8 Å². The maximum Gasteiger partial charge on any atom is 0.416 e. The van der Waals surface area contributed by atoms with Crippen molar-refractivity contribution in [2.75, 3.05) is 5.32 Å². The molecule has 0 radical (unpaired) electrons. The summed E-state index contributed by atoms with van der Waals surface area (Å²) >= 11 is 0. The molecule has 168 valence electrons. The minimum Gasteiger partial charge on any atom is -0.387 e. The van der Waals surface area contributed by atoms with Crippen LogP contribution in [0.1, 0.15) is 27.0 Å². The number of anilines is 1. The number of alkyl halides is 3. The molecule has 4 aromatic rings. The van der Waals surface area contributed by atoms with Crippen LogP contribution in [0.25, 0.3) is 22.2 Å². The van der Waals surface area contributed by atoms with Crippen LogP contribution in [0.5, 0.6) is 0 Å². The van der Waals surface area contributed by atoms with E-state index in [-0.39, 0.29) is 23.5 Å². The number of benzene rings is 2. The molecule has 4 rings (SSSR count). The van der Waals surface area contributed by atoms with Crippen molar-refractivity contribution in [1.82, 2.24) is 9.97 Å². The maximum atomic E-state index is 13.5. The molecule has 0 saturated heterocycles. The molecule has 0 unspecified atom stereocenters. The monoisotopic (exact) mass is 451 g/mol. The second-order valence-electron chi connectivity index (χ2n) is 7.70. The minimum absolute atomic E-state index is 0.00263. The van der Waals surface area contributed by atoms with Crippen LogP contribution in [-0.2, 0) is 12.6 Å². The van der Waals surface area contributed by atoms with Crippen molar-refractivity contribution in [2.24, 2.45) is 5.73 Å². The molecule has 0 atom stereocenters. The van der Waals surface area contributed by atoms with Gasteiger partial charge >= 0.3 is 6.18 Å². The Morgan fingerprint density at radius 1 is 1.15 bits per heavy atom. The standard InChI is InChI=1S/C24H20F3N5O/c1-13-2-3-16(9-19(13)17-8-15-6-7-30-22(15)31-12-17)23(33)32-18-5-4-14(10-21(28)29)20(11-18)24(25,26)27/h2-9,11-12H,10H2,1H3,(H3,28,29)(H,30,31)(H,32,33). The number of nitrogens with two attached hydrogens (primary N) is 1. The Kier molecular flexibility index (Phi) is 5.63. The second-order valence-corrected chi connectivity index (χ2v) is 7.70. The lowest BCUT2D eigenvalue weighted by atomic mass is 9.98. The number of pyridine rings is 1. The first-order valence-corrected chi connectivity index (χ1v) is 10.0. The average Bonchev–Trinajstić information content (AvgIpc) is 3.22. The molecular weight excluding hydrogens is 431 g/mol. The Hall–Kier alpha value is -4.14. The predicted molar refractivity (Wildman–Crippen MR) is 121 cm³/mol. The zero-order valence-corrected chi connectivity index (χ0v) is 17.5. The highest BCUT2D eigenvalue weighted by molar-refractivity contribution is 6.05. The summed E-state index contributed by atoms with van der Waals surface area (Å²) in [7, 11) is 0. The lowest BCUT2D eigenvalue weighted by Gasteiger charge is -2.15. The summed E-state index contributed by atoms with van der Waals surface area (Å²) in [5, 5.41) is 10.7. The fourth-order valence-electron chi connectivity index (χ4n) is 3.64. The molecule has 0 aliphatic heterocycles. The fourth-order valence-corrected chi connectivity index (χ4v) is 3.64. The molecule has 0 saturated carbocycles. The number of aromatic amines is 1. The molecule has 2 aromatic carbocycles. The van der Waals surface area contributed by atoms with E-state index in [2.05, 4.69) is 15.3 Å². The van der Waals surface area contributed by atoms with Gasteiger partial charge in [-0.15, -0.1) is 0 Å². The van der Waals surface area contributed by atoms with Gasteiger partial charge in [-0.3, -0.25) is 10.2 Å². The van der Waals surface area contributed by atoms with Crippen molar-refractivity contribution in [3.8, 4) is 11.1 Å². The van der Waals surface area contributed by atoms with E-state index in [1.165, 1.54) is 12.1 Å². The largest absolute Gasteiger partial charge is 0.416 e. The first-order chi connectivity index (χ1) is 15.6. The summed E-state index contributed by atoms with van der Waals surface area (Å²) in [5.74, 6) is -0.920. The number of nitrogens with zero attached hydrogens (tertiary/aromatic N) is 1.